The third-order valence-electron chi connectivity index (χ3n) is 3.44. The summed E-state index contributed by atoms with van der Waals surface area (Å²) in [5, 5.41) is 0. The maximum Gasteiger partial charge on any atom is 0.208 e. The van der Waals surface area contributed by atoms with Crippen molar-refractivity contribution in [2.75, 3.05) is 34.0 Å². The molecule has 108 valence electrons. The van der Waals surface area contributed by atoms with E-state index in [0.29, 0.717) is 36.2 Å². The first-order chi connectivity index (χ1) is 9.74. The minimum absolute atomic E-state index is 0.168. The van der Waals surface area contributed by atoms with Gasteiger partial charge in [0.15, 0.2) is 11.5 Å². The molecule has 5 heteroatoms. The monoisotopic (exact) mass is 278 g/mol. The molecule has 0 spiro atoms. The predicted octanol–water partition coefficient (Wildman–Crippen LogP) is 2.28. The van der Waals surface area contributed by atoms with E-state index in [9.17, 15) is 0 Å². The minimum Gasteiger partial charge on any atom is -0.493 e. The highest BCUT2D eigenvalue weighted by Crippen LogP contribution is 2.49. The van der Waals surface area contributed by atoms with Gasteiger partial charge < -0.3 is 23.7 Å². The van der Waals surface area contributed by atoms with Crippen molar-refractivity contribution in [1.82, 2.24) is 0 Å². The standard InChI is InChI=1S/C15H18O5/c1-9-4-5-18-13-11(9)6-12(16-2)14(17-3)15(13)20-8-10-7-19-10/h4,6,10H,5,7-8H2,1-3H3. The number of allylic oxidation sites excluding steroid dienone is 1. The molecule has 0 aromatic heterocycles. The van der Waals surface area contributed by atoms with E-state index in [-0.39, 0.29) is 6.10 Å². The molecule has 1 saturated heterocycles. The highest BCUT2D eigenvalue weighted by molar-refractivity contribution is 5.78. The highest BCUT2D eigenvalue weighted by Gasteiger charge is 2.28. The van der Waals surface area contributed by atoms with E-state index in [1.165, 1.54) is 0 Å². The Morgan fingerprint density at radius 2 is 2.05 bits per heavy atom. The van der Waals surface area contributed by atoms with Crippen LogP contribution in [0.25, 0.3) is 5.57 Å². The first kappa shape index (κ1) is 13.1. The van der Waals surface area contributed by atoms with Gasteiger partial charge in [-0.05, 0) is 24.6 Å². The van der Waals surface area contributed by atoms with Crippen molar-refractivity contribution < 1.29 is 23.7 Å². The molecule has 1 atom stereocenters. The van der Waals surface area contributed by atoms with Crippen molar-refractivity contribution >= 4 is 5.57 Å². The quantitative estimate of drug-likeness (QED) is 0.773. The van der Waals surface area contributed by atoms with Gasteiger partial charge in [0, 0.05) is 5.56 Å². The van der Waals surface area contributed by atoms with Gasteiger partial charge in [0.05, 0.1) is 20.8 Å². The van der Waals surface area contributed by atoms with Crippen LogP contribution in [0.15, 0.2) is 12.1 Å². The summed E-state index contributed by atoms with van der Waals surface area (Å²) in [5.41, 5.74) is 2.11. The third kappa shape index (κ3) is 2.29. The van der Waals surface area contributed by atoms with Gasteiger partial charge in [-0.1, -0.05) is 0 Å². The van der Waals surface area contributed by atoms with Crippen molar-refractivity contribution in [2.45, 2.75) is 13.0 Å². The zero-order valence-corrected chi connectivity index (χ0v) is 11.9. The van der Waals surface area contributed by atoms with Gasteiger partial charge in [0.25, 0.3) is 0 Å². The highest BCUT2D eigenvalue weighted by atomic mass is 16.6. The lowest BCUT2D eigenvalue weighted by atomic mass is 10.0. The van der Waals surface area contributed by atoms with E-state index in [1.54, 1.807) is 14.2 Å². The molecular formula is C15H18O5. The molecule has 1 unspecified atom stereocenters. The van der Waals surface area contributed by atoms with Gasteiger partial charge in [-0.3, -0.25) is 0 Å². The lowest BCUT2D eigenvalue weighted by Gasteiger charge is -2.23. The maximum atomic E-state index is 5.86. The molecule has 2 heterocycles. The van der Waals surface area contributed by atoms with E-state index in [4.69, 9.17) is 23.7 Å². The number of epoxide rings is 1. The van der Waals surface area contributed by atoms with Crippen LogP contribution in [0.5, 0.6) is 23.0 Å². The molecule has 0 saturated carbocycles. The molecule has 2 aliphatic rings. The number of hydrogen-bond acceptors (Lipinski definition) is 5. The van der Waals surface area contributed by atoms with Crippen LogP contribution < -0.4 is 18.9 Å². The van der Waals surface area contributed by atoms with Crippen LogP contribution in [0, 0.1) is 0 Å². The van der Waals surface area contributed by atoms with E-state index in [2.05, 4.69) is 0 Å². The molecule has 2 aliphatic heterocycles. The molecule has 0 aliphatic carbocycles. The largest absolute Gasteiger partial charge is 0.493 e. The summed E-state index contributed by atoms with van der Waals surface area (Å²) >= 11 is 0. The molecule has 0 amide bonds. The second-order valence-electron chi connectivity index (χ2n) is 4.78. The smallest absolute Gasteiger partial charge is 0.208 e. The van der Waals surface area contributed by atoms with E-state index >= 15 is 0 Å². The van der Waals surface area contributed by atoms with Gasteiger partial charge in [0.1, 0.15) is 19.3 Å². The first-order valence-corrected chi connectivity index (χ1v) is 6.58. The molecule has 0 N–H and O–H groups in total. The summed E-state index contributed by atoms with van der Waals surface area (Å²) in [6.45, 7) is 3.81. The molecule has 0 bridgehead atoms. The summed E-state index contributed by atoms with van der Waals surface area (Å²) in [5.74, 6) is 2.49. The van der Waals surface area contributed by atoms with Crippen LogP contribution in [-0.4, -0.2) is 40.1 Å². The van der Waals surface area contributed by atoms with Crippen LogP contribution in [-0.2, 0) is 4.74 Å². The molecular weight excluding hydrogens is 260 g/mol. The molecule has 5 nitrogen and oxygen atoms in total. The Hall–Kier alpha value is -1.88. The Balaban J connectivity index is 2.06. The predicted molar refractivity (Wildman–Crippen MR) is 73.9 cm³/mol. The number of fused-ring (bicyclic) bond motifs is 1. The van der Waals surface area contributed by atoms with E-state index in [1.807, 2.05) is 19.1 Å². The average molecular weight is 278 g/mol. The first-order valence-electron chi connectivity index (χ1n) is 6.58. The molecule has 1 aromatic carbocycles. The van der Waals surface area contributed by atoms with Crippen LogP contribution in [0.2, 0.25) is 0 Å². The summed E-state index contributed by atoms with van der Waals surface area (Å²) in [6.07, 6.45) is 2.20. The second kappa shape index (κ2) is 5.25. The average Bonchev–Trinajstić information content (AvgIpc) is 3.28. The van der Waals surface area contributed by atoms with Gasteiger partial charge in [-0.25, -0.2) is 0 Å². The Bertz CT molecular complexity index is 546. The molecule has 1 aromatic rings. The molecule has 1 fully saturated rings. The zero-order valence-electron chi connectivity index (χ0n) is 11.9. The van der Waals surface area contributed by atoms with Crippen molar-refractivity contribution in [3.05, 3.63) is 17.7 Å². The van der Waals surface area contributed by atoms with Gasteiger partial charge >= 0.3 is 0 Å². The number of rotatable bonds is 5. The summed E-state index contributed by atoms with van der Waals surface area (Å²) in [7, 11) is 3.21. The molecule has 3 rings (SSSR count). The van der Waals surface area contributed by atoms with Crippen molar-refractivity contribution in [2.24, 2.45) is 0 Å². The van der Waals surface area contributed by atoms with Crippen LogP contribution in [0.3, 0.4) is 0 Å². The molecule has 0 radical (unpaired) electrons. The fraction of sp³-hybridized carbons (Fsp3) is 0.467. The number of methoxy groups -OCH3 is 2. The Labute approximate surface area is 118 Å². The zero-order chi connectivity index (χ0) is 14.1. The SMILES string of the molecule is COc1cc2c(c(OCC3CO3)c1OC)OCC=C2C. The number of benzene rings is 1. The van der Waals surface area contributed by atoms with Crippen LogP contribution in [0.1, 0.15) is 12.5 Å². The Morgan fingerprint density at radius 3 is 2.70 bits per heavy atom. The maximum absolute atomic E-state index is 5.86. The second-order valence-corrected chi connectivity index (χ2v) is 4.78. The van der Waals surface area contributed by atoms with Crippen molar-refractivity contribution in [3.63, 3.8) is 0 Å². The lowest BCUT2D eigenvalue weighted by Crippen LogP contribution is -2.11. The van der Waals surface area contributed by atoms with Crippen molar-refractivity contribution in [1.29, 1.82) is 0 Å². The van der Waals surface area contributed by atoms with Crippen molar-refractivity contribution in [3.8, 4) is 23.0 Å². The fourth-order valence-electron chi connectivity index (χ4n) is 2.21. The number of hydrogen-bond donors (Lipinski definition) is 0. The fourth-order valence-corrected chi connectivity index (χ4v) is 2.21. The summed E-state index contributed by atoms with van der Waals surface area (Å²) in [6, 6.07) is 1.92. The normalized spacial score (nSPS) is 19.6. The van der Waals surface area contributed by atoms with E-state index in [0.717, 1.165) is 17.7 Å². The Morgan fingerprint density at radius 1 is 1.25 bits per heavy atom. The lowest BCUT2D eigenvalue weighted by molar-refractivity contribution is 0.232. The van der Waals surface area contributed by atoms with Gasteiger partial charge in [0.2, 0.25) is 11.5 Å². The summed E-state index contributed by atoms with van der Waals surface area (Å²) < 4.78 is 27.6. The van der Waals surface area contributed by atoms with Gasteiger partial charge in [-0.15, -0.1) is 0 Å². The minimum atomic E-state index is 0.168. The summed E-state index contributed by atoms with van der Waals surface area (Å²) in [4.78, 5) is 0. The van der Waals surface area contributed by atoms with Crippen LogP contribution >= 0.6 is 0 Å². The topological polar surface area (TPSA) is 49.5 Å². The van der Waals surface area contributed by atoms with Crippen LogP contribution in [0.4, 0.5) is 0 Å². The Kier molecular flexibility index (Phi) is 3.44. The molecule has 20 heavy (non-hydrogen) atoms. The van der Waals surface area contributed by atoms with Gasteiger partial charge in [-0.2, -0.15) is 0 Å². The van der Waals surface area contributed by atoms with E-state index < -0.39 is 0 Å². The third-order valence-corrected chi connectivity index (χ3v) is 3.44. The number of ether oxygens (including phenoxy) is 5.